The number of nitrogens with two attached hydrogens (primary N) is 1. The van der Waals surface area contributed by atoms with E-state index in [2.05, 4.69) is 15.2 Å². The van der Waals surface area contributed by atoms with Crippen LogP contribution in [0.4, 0.5) is 5.82 Å². The van der Waals surface area contributed by atoms with E-state index in [0.717, 1.165) is 0 Å². The average Bonchev–Trinajstić information content (AvgIpc) is 2.40. The topological polar surface area (TPSA) is 106 Å². The fourth-order valence-corrected chi connectivity index (χ4v) is 1.46. The maximum absolute atomic E-state index is 11.0. The summed E-state index contributed by atoms with van der Waals surface area (Å²) in [6.07, 6.45) is 0. The Balaban J connectivity index is 2.93. The van der Waals surface area contributed by atoms with Gasteiger partial charge in [-0.15, -0.1) is 9.73 Å². The molecule has 0 spiro atoms. The number of nitrogens with zero attached hydrogens (tertiary/aromatic N) is 4. The van der Waals surface area contributed by atoms with Crippen molar-refractivity contribution in [1.29, 1.82) is 0 Å². The van der Waals surface area contributed by atoms with Crippen LogP contribution in [0, 0.1) is 13.8 Å². The lowest BCUT2D eigenvalue weighted by Gasteiger charge is -1.98. The Labute approximate surface area is 84.5 Å². The molecule has 0 bridgehead atoms. The van der Waals surface area contributed by atoms with Gasteiger partial charge in [0, 0.05) is 0 Å². The third-order valence-electron chi connectivity index (χ3n) is 2.02. The smallest absolute Gasteiger partial charge is 0.340 e. The van der Waals surface area contributed by atoms with Crippen LogP contribution in [0.25, 0.3) is 5.52 Å². The van der Waals surface area contributed by atoms with Gasteiger partial charge < -0.3 is 10.8 Å². The lowest BCUT2D eigenvalue weighted by molar-refractivity contribution is 0.0698. The highest BCUT2D eigenvalue weighted by atomic mass is 16.4. The summed E-state index contributed by atoms with van der Waals surface area (Å²) < 4.78 is 1.20. The van der Waals surface area contributed by atoms with Gasteiger partial charge in [-0.3, -0.25) is 0 Å². The minimum Gasteiger partial charge on any atom is -0.478 e. The number of aromatic nitrogens is 4. The number of hydrogen-bond acceptors (Lipinski definition) is 5. The molecule has 15 heavy (non-hydrogen) atoms. The van der Waals surface area contributed by atoms with Crippen LogP contribution in [0.3, 0.4) is 0 Å². The summed E-state index contributed by atoms with van der Waals surface area (Å²) >= 11 is 0. The molecule has 7 nitrogen and oxygen atoms in total. The number of carbonyl (C=O) groups is 1. The Morgan fingerprint density at radius 2 is 2.07 bits per heavy atom. The van der Waals surface area contributed by atoms with E-state index < -0.39 is 5.97 Å². The van der Waals surface area contributed by atoms with E-state index in [4.69, 9.17) is 10.8 Å². The maximum Gasteiger partial charge on any atom is 0.340 e. The summed E-state index contributed by atoms with van der Waals surface area (Å²) in [5.41, 5.74) is 6.29. The number of aryl methyl sites for hydroxylation is 2. The highest BCUT2D eigenvalue weighted by molar-refractivity contribution is 5.99. The molecule has 0 aliphatic rings. The molecule has 0 aliphatic carbocycles. The number of anilines is 1. The van der Waals surface area contributed by atoms with E-state index in [-0.39, 0.29) is 16.9 Å². The second-order valence-electron chi connectivity index (χ2n) is 3.15. The van der Waals surface area contributed by atoms with Crippen molar-refractivity contribution in [3.05, 3.63) is 17.1 Å². The van der Waals surface area contributed by atoms with Crippen LogP contribution in [-0.2, 0) is 0 Å². The molecule has 0 saturated carbocycles. The van der Waals surface area contributed by atoms with Crippen molar-refractivity contribution in [3.63, 3.8) is 0 Å². The van der Waals surface area contributed by atoms with E-state index in [9.17, 15) is 4.79 Å². The van der Waals surface area contributed by atoms with Gasteiger partial charge in [0.1, 0.15) is 16.9 Å². The largest absolute Gasteiger partial charge is 0.478 e. The molecule has 2 heterocycles. The third kappa shape index (κ3) is 1.28. The first kappa shape index (κ1) is 9.38. The third-order valence-corrected chi connectivity index (χ3v) is 2.02. The van der Waals surface area contributed by atoms with Crippen LogP contribution < -0.4 is 5.73 Å². The van der Waals surface area contributed by atoms with Crippen LogP contribution >= 0.6 is 0 Å². The molecule has 0 fully saturated rings. The Kier molecular flexibility index (Phi) is 1.82. The van der Waals surface area contributed by atoms with E-state index in [1.807, 2.05) is 0 Å². The molecule has 0 saturated heterocycles. The molecule has 3 N–H and O–H groups in total. The molecule has 0 amide bonds. The standard InChI is InChI=1S/C8H9N5O2/c1-3-5(8(14)15)6-7(9)10-4(2)12-13(6)11-3/h1-2H3,(H,14,15)(H2,9,10,12). The second-order valence-corrected chi connectivity index (χ2v) is 3.15. The molecule has 2 aromatic heterocycles. The predicted octanol–water partition coefficient (Wildman–Crippen LogP) is 0.0215. The van der Waals surface area contributed by atoms with E-state index >= 15 is 0 Å². The number of aromatic carboxylic acids is 1. The van der Waals surface area contributed by atoms with Gasteiger partial charge in [0.15, 0.2) is 5.82 Å². The first-order valence-corrected chi connectivity index (χ1v) is 4.23. The zero-order valence-electron chi connectivity index (χ0n) is 8.22. The van der Waals surface area contributed by atoms with Crippen molar-refractivity contribution in [2.45, 2.75) is 13.8 Å². The van der Waals surface area contributed by atoms with Crippen LogP contribution in [0.15, 0.2) is 0 Å². The predicted molar refractivity (Wildman–Crippen MR) is 51.6 cm³/mol. The van der Waals surface area contributed by atoms with Crippen molar-refractivity contribution in [2.24, 2.45) is 0 Å². The molecule has 0 aliphatic heterocycles. The molecule has 0 aromatic carbocycles. The highest BCUT2D eigenvalue weighted by Crippen LogP contribution is 2.18. The first-order valence-electron chi connectivity index (χ1n) is 4.23. The Morgan fingerprint density at radius 3 is 2.67 bits per heavy atom. The number of hydrogen-bond donors (Lipinski definition) is 2. The average molecular weight is 207 g/mol. The molecule has 2 aromatic rings. The van der Waals surface area contributed by atoms with E-state index in [0.29, 0.717) is 11.5 Å². The Hall–Kier alpha value is -2.18. The number of fused-ring (bicyclic) bond motifs is 1. The maximum atomic E-state index is 11.0. The van der Waals surface area contributed by atoms with Gasteiger partial charge in [-0.25, -0.2) is 9.78 Å². The quantitative estimate of drug-likeness (QED) is 0.682. The van der Waals surface area contributed by atoms with Gasteiger partial charge in [-0.1, -0.05) is 0 Å². The SMILES string of the molecule is Cc1nc(N)c2c(C(=O)O)c(C)nn2n1. The van der Waals surface area contributed by atoms with Gasteiger partial charge in [-0.05, 0) is 13.8 Å². The molecule has 0 radical (unpaired) electrons. The minimum atomic E-state index is -1.08. The lowest BCUT2D eigenvalue weighted by atomic mass is 10.2. The van der Waals surface area contributed by atoms with Crippen LogP contribution in [0.2, 0.25) is 0 Å². The first-order chi connectivity index (χ1) is 7.00. The van der Waals surface area contributed by atoms with Gasteiger partial charge >= 0.3 is 5.97 Å². The van der Waals surface area contributed by atoms with Crippen LogP contribution in [-0.4, -0.2) is 30.9 Å². The summed E-state index contributed by atoms with van der Waals surface area (Å²) in [4.78, 5) is 14.9. The monoisotopic (exact) mass is 207 g/mol. The molecule has 0 unspecified atom stereocenters. The fraction of sp³-hybridized carbons (Fsp3) is 0.250. The number of carboxylic acid groups (broad SMARTS) is 1. The molecule has 2 rings (SSSR count). The van der Waals surface area contributed by atoms with Crippen LogP contribution in [0.5, 0.6) is 0 Å². The normalized spacial score (nSPS) is 10.8. The van der Waals surface area contributed by atoms with Crippen molar-refractivity contribution in [3.8, 4) is 0 Å². The number of nitrogen functional groups attached to an aromatic ring is 1. The summed E-state index contributed by atoms with van der Waals surface area (Å²) in [5.74, 6) is -0.512. The van der Waals surface area contributed by atoms with Crippen molar-refractivity contribution >= 4 is 17.3 Å². The van der Waals surface area contributed by atoms with Gasteiger partial charge in [-0.2, -0.15) is 5.10 Å². The summed E-state index contributed by atoms with van der Waals surface area (Å²) in [6.45, 7) is 3.25. The second kappa shape index (κ2) is 2.91. The number of rotatable bonds is 1. The zero-order chi connectivity index (χ0) is 11.2. The van der Waals surface area contributed by atoms with E-state index in [1.54, 1.807) is 13.8 Å². The molecular formula is C8H9N5O2. The van der Waals surface area contributed by atoms with Gasteiger partial charge in [0.2, 0.25) is 0 Å². The zero-order valence-corrected chi connectivity index (χ0v) is 8.22. The number of carboxylic acids is 1. The molecular weight excluding hydrogens is 198 g/mol. The summed E-state index contributed by atoms with van der Waals surface area (Å²) in [6, 6.07) is 0. The van der Waals surface area contributed by atoms with Gasteiger partial charge in [0.05, 0.1) is 5.69 Å². The Morgan fingerprint density at radius 1 is 1.40 bits per heavy atom. The van der Waals surface area contributed by atoms with E-state index in [1.165, 1.54) is 4.63 Å². The highest BCUT2D eigenvalue weighted by Gasteiger charge is 2.19. The minimum absolute atomic E-state index is 0.0486. The summed E-state index contributed by atoms with van der Waals surface area (Å²) in [7, 11) is 0. The molecule has 78 valence electrons. The van der Waals surface area contributed by atoms with Crippen LogP contribution in [0.1, 0.15) is 21.9 Å². The fourth-order valence-electron chi connectivity index (χ4n) is 1.46. The van der Waals surface area contributed by atoms with Crippen molar-refractivity contribution < 1.29 is 9.90 Å². The van der Waals surface area contributed by atoms with Crippen molar-refractivity contribution in [1.82, 2.24) is 19.8 Å². The molecule has 0 atom stereocenters. The Bertz CT molecular complexity index is 560. The molecule has 7 heteroatoms. The summed E-state index contributed by atoms with van der Waals surface area (Å²) in [5, 5.41) is 16.9. The lowest BCUT2D eigenvalue weighted by Crippen LogP contribution is -2.06. The van der Waals surface area contributed by atoms with Gasteiger partial charge in [0.25, 0.3) is 0 Å². The van der Waals surface area contributed by atoms with Crippen molar-refractivity contribution in [2.75, 3.05) is 5.73 Å².